The van der Waals surface area contributed by atoms with E-state index in [0.717, 1.165) is 37.1 Å². The van der Waals surface area contributed by atoms with E-state index in [4.69, 9.17) is 4.74 Å². The van der Waals surface area contributed by atoms with Crippen molar-refractivity contribution in [2.45, 2.75) is 39.2 Å². The lowest BCUT2D eigenvalue weighted by Crippen LogP contribution is -2.41. The molecule has 30 heavy (non-hydrogen) atoms. The topological polar surface area (TPSA) is 76.5 Å². The van der Waals surface area contributed by atoms with Crippen molar-refractivity contribution in [1.82, 2.24) is 20.0 Å². The summed E-state index contributed by atoms with van der Waals surface area (Å²) < 4.78 is 7.30. The van der Waals surface area contributed by atoms with Gasteiger partial charge in [0.15, 0.2) is 0 Å². The molecule has 4 rings (SSSR count). The molecule has 0 aliphatic carbocycles. The molecule has 1 N–H and O–H groups in total. The van der Waals surface area contributed by atoms with Gasteiger partial charge in [-0.25, -0.2) is 0 Å². The number of benzene rings is 1. The molecule has 0 bridgehead atoms. The van der Waals surface area contributed by atoms with Gasteiger partial charge in [-0.05, 0) is 36.3 Å². The van der Waals surface area contributed by atoms with Gasteiger partial charge in [-0.1, -0.05) is 31.2 Å². The Balaban J connectivity index is 1.32. The van der Waals surface area contributed by atoms with E-state index in [1.54, 1.807) is 6.20 Å². The van der Waals surface area contributed by atoms with Gasteiger partial charge in [-0.15, -0.1) is 0 Å². The third-order valence-corrected chi connectivity index (χ3v) is 6.09. The van der Waals surface area contributed by atoms with Gasteiger partial charge in [-0.2, -0.15) is 5.10 Å². The summed E-state index contributed by atoms with van der Waals surface area (Å²) in [5, 5.41) is 7.51. The highest BCUT2D eigenvalue weighted by molar-refractivity contribution is 5.95. The fraction of sp³-hybridized carbons (Fsp3) is 0.522. The van der Waals surface area contributed by atoms with E-state index in [1.807, 2.05) is 21.7 Å². The molecular weight excluding hydrogens is 380 g/mol. The summed E-state index contributed by atoms with van der Waals surface area (Å²) in [6.45, 7) is 5.96. The second-order valence-corrected chi connectivity index (χ2v) is 8.14. The van der Waals surface area contributed by atoms with Crippen molar-refractivity contribution in [2.24, 2.45) is 5.92 Å². The van der Waals surface area contributed by atoms with Crippen LogP contribution in [0.25, 0.3) is 0 Å². The summed E-state index contributed by atoms with van der Waals surface area (Å²) in [7, 11) is 0. The fourth-order valence-electron chi connectivity index (χ4n) is 4.19. The molecule has 0 radical (unpaired) electrons. The molecule has 7 nitrogen and oxygen atoms in total. The lowest BCUT2D eigenvalue weighted by Gasteiger charge is -2.28. The van der Waals surface area contributed by atoms with Crippen LogP contribution >= 0.6 is 0 Å². The number of carbonyl (C=O) groups is 2. The van der Waals surface area contributed by atoms with Gasteiger partial charge in [0.25, 0.3) is 5.91 Å². The molecule has 0 saturated carbocycles. The van der Waals surface area contributed by atoms with Crippen LogP contribution in [-0.4, -0.2) is 59.3 Å². The lowest BCUT2D eigenvalue weighted by atomic mass is 9.94. The average molecular weight is 411 g/mol. The molecule has 7 heteroatoms. The van der Waals surface area contributed by atoms with Crippen LogP contribution < -0.4 is 5.32 Å². The maximum absolute atomic E-state index is 12.9. The summed E-state index contributed by atoms with van der Waals surface area (Å²) in [6, 6.07) is 8.22. The molecule has 1 unspecified atom stereocenters. The molecule has 2 aromatic rings. The first-order valence-electron chi connectivity index (χ1n) is 10.9. The Morgan fingerprint density at radius 3 is 2.60 bits per heavy atom. The molecule has 1 atom stereocenters. The number of nitrogens with one attached hydrogen (secondary N) is 1. The number of aryl methyl sites for hydroxylation is 2. The van der Waals surface area contributed by atoms with E-state index in [2.05, 4.69) is 29.5 Å². The van der Waals surface area contributed by atoms with Crippen LogP contribution in [0.3, 0.4) is 0 Å². The lowest BCUT2D eigenvalue weighted by molar-refractivity contribution is -0.120. The second-order valence-electron chi connectivity index (χ2n) is 8.14. The normalized spacial score (nSPS) is 18.7. The Bertz CT molecular complexity index is 884. The highest BCUT2D eigenvalue weighted by Gasteiger charge is 2.28. The van der Waals surface area contributed by atoms with Gasteiger partial charge in [0.05, 0.1) is 37.1 Å². The van der Waals surface area contributed by atoms with Crippen molar-refractivity contribution in [1.29, 1.82) is 0 Å². The standard InChI is InChI=1S/C23H30N4O3/c1-2-17-3-5-18(6-4-17)14-22(28)24-15-19-7-8-27-21(13-19)20(16-25-27)23(29)26-9-11-30-12-10-26/h3-6,16,19H,2,7-15H2,1H3,(H,24,28). The van der Waals surface area contributed by atoms with E-state index in [0.29, 0.717) is 50.8 Å². The van der Waals surface area contributed by atoms with Crippen molar-refractivity contribution in [2.75, 3.05) is 32.8 Å². The van der Waals surface area contributed by atoms with Gasteiger partial charge in [-0.3, -0.25) is 14.3 Å². The minimum Gasteiger partial charge on any atom is -0.378 e. The summed E-state index contributed by atoms with van der Waals surface area (Å²) in [5.41, 5.74) is 4.00. The van der Waals surface area contributed by atoms with E-state index in [-0.39, 0.29) is 11.8 Å². The monoisotopic (exact) mass is 410 g/mol. The quantitative estimate of drug-likeness (QED) is 0.788. The molecule has 0 spiro atoms. The number of hydrogen-bond acceptors (Lipinski definition) is 4. The molecule has 1 aromatic heterocycles. The summed E-state index contributed by atoms with van der Waals surface area (Å²) in [5.74, 6) is 0.402. The van der Waals surface area contributed by atoms with Crippen LogP contribution in [-0.2, 0) is 35.3 Å². The molecule has 2 amide bonds. The molecule has 1 fully saturated rings. The van der Waals surface area contributed by atoms with Gasteiger partial charge in [0, 0.05) is 26.2 Å². The van der Waals surface area contributed by atoms with E-state index < -0.39 is 0 Å². The molecule has 2 aliphatic heterocycles. The molecule has 160 valence electrons. The van der Waals surface area contributed by atoms with Crippen LogP contribution in [0.15, 0.2) is 30.5 Å². The van der Waals surface area contributed by atoms with E-state index in [1.165, 1.54) is 5.56 Å². The van der Waals surface area contributed by atoms with Gasteiger partial charge in [0.1, 0.15) is 0 Å². The maximum Gasteiger partial charge on any atom is 0.257 e. The SMILES string of the molecule is CCc1ccc(CC(=O)NCC2CCn3ncc(C(=O)N4CCOCC4)c3C2)cc1. The zero-order valence-electron chi connectivity index (χ0n) is 17.6. The average Bonchev–Trinajstić information content (AvgIpc) is 3.21. The minimum atomic E-state index is 0.0414. The molecule has 3 heterocycles. The number of aromatic nitrogens is 2. The summed E-state index contributed by atoms with van der Waals surface area (Å²) in [4.78, 5) is 27.1. The predicted octanol–water partition coefficient (Wildman–Crippen LogP) is 1.84. The van der Waals surface area contributed by atoms with Crippen molar-refractivity contribution in [3.05, 3.63) is 52.8 Å². The third-order valence-electron chi connectivity index (χ3n) is 6.09. The van der Waals surface area contributed by atoms with Crippen LogP contribution in [0.5, 0.6) is 0 Å². The molecular formula is C23H30N4O3. The van der Waals surface area contributed by atoms with E-state index >= 15 is 0 Å². The highest BCUT2D eigenvalue weighted by atomic mass is 16.5. The first-order valence-corrected chi connectivity index (χ1v) is 10.9. The largest absolute Gasteiger partial charge is 0.378 e. The number of ether oxygens (including phenoxy) is 1. The minimum absolute atomic E-state index is 0.0414. The zero-order chi connectivity index (χ0) is 20.9. The number of amides is 2. The second kappa shape index (κ2) is 9.43. The van der Waals surface area contributed by atoms with Crippen molar-refractivity contribution >= 4 is 11.8 Å². The number of nitrogens with zero attached hydrogens (tertiary/aromatic N) is 3. The fourth-order valence-corrected chi connectivity index (χ4v) is 4.19. The Kier molecular flexibility index (Phi) is 6.47. The molecule has 2 aliphatic rings. The van der Waals surface area contributed by atoms with Crippen LogP contribution in [0.2, 0.25) is 0 Å². The van der Waals surface area contributed by atoms with Crippen LogP contribution in [0.4, 0.5) is 0 Å². The van der Waals surface area contributed by atoms with Crippen molar-refractivity contribution in [3.8, 4) is 0 Å². The van der Waals surface area contributed by atoms with E-state index in [9.17, 15) is 9.59 Å². The van der Waals surface area contributed by atoms with Gasteiger partial charge >= 0.3 is 0 Å². The number of hydrogen-bond donors (Lipinski definition) is 1. The summed E-state index contributed by atoms with van der Waals surface area (Å²) in [6.07, 6.45) is 4.81. The molecule has 1 saturated heterocycles. The Morgan fingerprint density at radius 2 is 1.87 bits per heavy atom. The Morgan fingerprint density at radius 1 is 1.13 bits per heavy atom. The Hall–Kier alpha value is -2.67. The smallest absolute Gasteiger partial charge is 0.257 e. The number of carbonyl (C=O) groups excluding carboxylic acids is 2. The van der Waals surface area contributed by atoms with Crippen molar-refractivity contribution < 1.29 is 14.3 Å². The molecule has 1 aromatic carbocycles. The zero-order valence-corrected chi connectivity index (χ0v) is 17.6. The van der Waals surface area contributed by atoms with Crippen LogP contribution in [0.1, 0.15) is 40.5 Å². The summed E-state index contributed by atoms with van der Waals surface area (Å²) >= 11 is 0. The highest BCUT2D eigenvalue weighted by Crippen LogP contribution is 2.24. The predicted molar refractivity (Wildman–Crippen MR) is 113 cm³/mol. The number of fused-ring (bicyclic) bond motifs is 1. The third kappa shape index (κ3) is 4.73. The number of rotatable bonds is 6. The maximum atomic E-state index is 12.9. The first kappa shape index (κ1) is 20.6. The Labute approximate surface area is 177 Å². The first-order chi connectivity index (χ1) is 14.6. The van der Waals surface area contributed by atoms with Gasteiger partial charge in [0.2, 0.25) is 5.91 Å². The van der Waals surface area contributed by atoms with Crippen molar-refractivity contribution in [3.63, 3.8) is 0 Å². The number of morpholine rings is 1. The van der Waals surface area contributed by atoms with Crippen LogP contribution in [0, 0.1) is 5.92 Å². The van der Waals surface area contributed by atoms with Gasteiger partial charge < -0.3 is 15.0 Å².